The maximum atomic E-state index is 12.3. The van der Waals surface area contributed by atoms with Crippen molar-refractivity contribution in [2.75, 3.05) is 5.32 Å². The largest absolute Gasteiger partial charge is 0.326 e. The molecule has 3 heterocycles. The molecular formula is C24H18N6O. The van der Waals surface area contributed by atoms with Crippen LogP contribution in [0.15, 0.2) is 91.1 Å². The molecule has 1 N–H and O–H groups in total. The molecule has 3 aromatic heterocycles. The Morgan fingerprint density at radius 1 is 0.806 bits per heavy atom. The first kappa shape index (κ1) is 18.6. The molecule has 0 aliphatic carbocycles. The molecule has 0 saturated heterocycles. The zero-order valence-electron chi connectivity index (χ0n) is 16.5. The predicted molar refractivity (Wildman–Crippen MR) is 118 cm³/mol. The summed E-state index contributed by atoms with van der Waals surface area (Å²) in [4.78, 5) is 16.6. The second-order valence-corrected chi connectivity index (χ2v) is 7.02. The number of rotatable bonds is 5. The van der Waals surface area contributed by atoms with E-state index in [2.05, 4.69) is 20.5 Å². The molecule has 7 heteroatoms. The number of anilines is 1. The second-order valence-electron chi connectivity index (χ2n) is 7.02. The summed E-state index contributed by atoms with van der Waals surface area (Å²) in [7, 11) is 0. The lowest BCUT2D eigenvalue weighted by Gasteiger charge is -2.07. The fraction of sp³-hybridized carbons (Fsp3) is 0.0417. The van der Waals surface area contributed by atoms with Crippen molar-refractivity contribution in [3.05, 3.63) is 96.7 Å². The van der Waals surface area contributed by atoms with Gasteiger partial charge in [-0.15, -0.1) is 10.2 Å². The number of carbonyl (C=O) groups excluding carboxylic acids is 1. The minimum Gasteiger partial charge on any atom is -0.326 e. The van der Waals surface area contributed by atoms with Crippen molar-refractivity contribution < 1.29 is 4.79 Å². The summed E-state index contributed by atoms with van der Waals surface area (Å²) in [5, 5.41) is 16.0. The molecule has 0 aliphatic heterocycles. The van der Waals surface area contributed by atoms with E-state index in [-0.39, 0.29) is 5.91 Å². The maximum Gasteiger partial charge on any atom is 0.228 e. The van der Waals surface area contributed by atoms with Gasteiger partial charge in [-0.25, -0.2) is 0 Å². The molecule has 0 aliphatic rings. The molecular weight excluding hydrogens is 388 g/mol. The van der Waals surface area contributed by atoms with Crippen LogP contribution in [0.2, 0.25) is 0 Å². The maximum absolute atomic E-state index is 12.3. The summed E-state index contributed by atoms with van der Waals surface area (Å²) in [5.41, 5.74) is 4.76. The summed E-state index contributed by atoms with van der Waals surface area (Å²) in [6.45, 7) is 0. The molecule has 0 saturated carbocycles. The summed E-state index contributed by atoms with van der Waals surface area (Å²) >= 11 is 0. The highest BCUT2D eigenvalue weighted by Crippen LogP contribution is 2.22. The molecule has 1 amide bonds. The molecule has 0 unspecified atom stereocenters. The van der Waals surface area contributed by atoms with Gasteiger partial charge in [0, 0.05) is 17.4 Å². The third-order valence-corrected chi connectivity index (χ3v) is 4.83. The molecule has 0 fully saturated rings. The van der Waals surface area contributed by atoms with E-state index in [1.165, 1.54) is 0 Å². The summed E-state index contributed by atoms with van der Waals surface area (Å²) in [6, 6.07) is 26.7. The van der Waals surface area contributed by atoms with Gasteiger partial charge in [-0.05, 0) is 42.0 Å². The van der Waals surface area contributed by atoms with Gasteiger partial charge in [0.2, 0.25) is 11.7 Å². The number of amides is 1. The fourth-order valence-electron chi connectivity index (χ4n) is 3.31. The van der Waals surface area contributed by atoms with E-state index in [0.717, 1.165) is 22.5 Å². The lowest BCUT2D eigenvalue weighted by molar-refractivity contribution is -0.115. The molecule has 5 rings (SSSR count). The van der Waals surface area contributed by atoms with E-state index in [1.807, 2.05) is 84.9 Å². The van der Waals surface area contributed by atoms with Crippen LogP contribution in [0.5, 0.6) is 0 Å². The number of aromatic nitrogens is 5. The van der Waals surface area contributed by atoms with E-state index in [1.54, 1.807) is 10.7 Å². The predicted octanol–water partition coefficient (Wildman–Crippen LogP) is 4.03. The lowest BCUT2D eigenvalue weighted by atomic mass is 10.1. The Kier molecular flexibility index (Phi) is 4.90. The van der Waals surface area contributed by atoms with Crippen LogP contribution >= 0.6 is 0 Å². The normalized spacial score (nSPS) is 10.8. The van der Waals surface area contributed by atoms with Crippen LogP contribution in [0.4, 0.5) is 5.69 Å². The van der Waals surface area contributed by atoms with Crippen molar-refractivity contribution in [1.82, 2.24) is 24.8 Å². The number of pyridine rings is 1. The SMILES string of the molecule is O=C(Cc1ccccc1)Nc1ccc(-c2ccc3nnc(-c4ccccn4)n3n2)cc1. The molecule has 2 aromatic carbocycles. The third-order valence-electron chi connectivity index (χ3n) is 4.83. The van der Waals surface area contributed by atoms with E-state index >= 15 is 0 Å². The summed E-state index contributed by atoms with van der Waals surface area (Å²) in [6.07, 6.45) is 2.05. The molecule has 7 nitrogen and oxygen atoms in total. The smallest absolute Gasteiger partial charge is 0.228 e. The van der Waals surface area contributed by atoms with Crippen LogP contribution in [-0.4, -0.2) is 30.7 Å². The van der Waals surface area contributed by atoms with Gasteiger partial charge >= 0.3 is 0 Å². The Hall–Kier alpha value is -4.39. The van der Waals surface area contributed by atoms with Crippen molar-refractivity contribution in [3.63, 3.8) is 0 Å². The minimum absolute atomic E-state index is 0.0528. The van der Waals surface area contributed by atoms with Crippen molar-refractivity contribution >= 4 is 17.2 Å². The quantitative estimate of drug-likeness (QED) is 0.476. The molecule has 0 bridgehead atoms. The van der Waals surface area contributed by atoms with Crippen molar-refractivity contribution in [3.8, 4) is 22.8 Å². The lowest BCUT2D eigenvalue weighted by Crippen LogP contribution is -2.14. The average Bonchev–Trinajstić information content (AvgIpc) is 3.24. The van der Waals surface area contributed by atoms with Crippen LogP contribution < -0.4 is 5.32 Å². The van der Waals surface area contributed by atoms with Crippen LogP contribution in [-0.2, 0) is 11.2 Å². The van der Waals surface area contributed by atoms with E-state index in [0.29, 0.717) is 23.6 Å². The summed E-state index contributed by atoms with van der Waals surface area (Å²) < 4.78 is 1.69. The number of hydrogen-bond acceptors (Lipinski definition) is 5. The van der Waals surface area contributed by atoms with E-state index in [9.17, 15) is 4.79 Å². The zero-order chi connectivity index (χ0) is 21.0. The molecule has 0 atom stereocenters. The molecule has 0 spiro atoms. The Morgan fingerprint density at radius 3 is 2.39 bits per heavy atom. The Morgan fingerprint density at radius 2 is 1.61 bits per heavy atom. The van der Waals surface area contributed by atoms with Crippen molar-refractivity contribution in [1.29, 1.82) is 0 Å². The first-order valence-electron chi connectivity index (χ1n) is 9.84. The fourth-order valence-corrected chi connectivity index (χ4v) is 3.31. The van der Waals surface area contributed by atoms with E-state index in [4.69, 9.17) is 5.10 Å². The molecule has 0 radical (unpaired) electrons. The highest BCUT2D eigenvalue weighted by Gasteiger charge is 2.12. The zero-order valence-corrected chi connectivity index (χ0v) is 16.5. The van der Waals surface area contributed by atoms with Gasteiger partial charge in [-0.3, -0.25) is 9.78 Å². The number of carbonyl (C=O) groups is 1. The first-order chi connectivity index (χ1) is 15.3. The van der Waals surface area contributed by atoms with E-state index < -0.39 is 0 Å². The van der Waals surface area contributed by atoms with Gasteiger partial charge in [-0.2, -0.15) is 9.61 Å². The number of hydrogen-bond donors (Lipinski definition) is 1. The van der Waals surface area contributed by atoms with Gasteiger partial charge in [0.05, 0.1) is 12.1 Å². The average molecular weight is 406 g/mol. The Balaban J connectivity index is 1.36. The number of benzene rings is 2. The Labute approximate surface area is 178 Å². The van der Waals surface area contributed by atoms with Gasteiger partial charge in [0.1, 0.15) is 5.69 Å². The minimum atomic E-state index is -0.0528. The Bertz CT molecular complexity index is 1330. The van der Waals surface area contributed by atoms with Crippen molar-refractivity contribution in [2.24, 2.45) is 0 Å². The number of fused-ring (bicyclic) bond motifs is 1. The highest BCUT2D eigenvalue weighted by molar-refractivity contribution is 5.92. The number of nitrogens with zero attached hydrogens (tertiary/aromatic N) is 5. The summed E-state index contributed by atoms with van der Waals surface area (Å²) in [5.74, 6) is 0.533. The van der Waals surface area contributed by atoms with Crippen LogP contribution in [0.1, 0.15) is 5.56 Å². The van der Waals surface area contributed by atoms with Crippen LogP contribution in [0, 0.1) is 0 Å². The van der Waals surface area contributed by atoms with Gasteiger partial charge < -0.3 is 5.32 Å². The second kappa shape index (κ2) is 8.16. The van der Waals surface area contributed by atoms with Gasteiger partial charge in [-0.1, -0.05) is 48.5 Å². The highest BCUT2D eigenvalue weighted by atomic mass is 16.1. The number of nitrogens with one attached hydrogen (secondary N) is 1. The molecule has 5 aromatic rings. The monoisotopic (exact) mass is 406 g/mol. The van der Waals surface area contributed by atoms with Gasteiger partial charge in [0.15, 0.2) is 5.65 Å². The van der Waals surface area contributed by atoms with Crippen LogP contribution in [0.3, 0.4) is 0 Å². The third kappa shape index (κ3) is 4.02. The van der Waals surface area contributed by atoms with Crippen molar-refractivity contribution in [2.45, 2.75) is 6.42 Å². The molecule has 31 heavy (non-hydrogen) atoms. The standard InChI is InChI=1S/C24H18N6O/c31-23(16-17-6-2-1-3-7-17)26-19-11-9-18(10-12-19)20-13-14-22-27-28-24(30(22)29-20)21-8-4-5-15-25-21/h1-15H,16H2,(H,26,31). The molecule has 150 valence electrons. The first-order valence-corrected chi connectivity index (χ1v) is 9.84. The van der Waals surface area contributed by atoms with Crippen LogP contribution in [0.25, 0.3) is 28.4 Å². The van der Waals surface area contributed by atoms with Gasteiger partial charge in [0.25, 0.3) is 0 Å². The topological polar surface area (TPSA) is 85.1 Å².